The van der Waals surface area contributed by atoms with Gasteiger partial charge >= 0.3 is 6.36 Å². The van der Waals surface area contributed by atoms with E-state index >= 15 is 0 Å². The first-order valence-corrected chi connectivity index (χ1v) is 14.4. The van der Waals surface area contributed by atoms with Crippen LogP contribution in [0.25, 0.3) is 0 Å². The standard InChI is InChI=1S/C32H32ClF3N4O5/c1-18(39-45-30(2,3)29(37)42)20-13-22(15-24(14-20)43-4)38-27(19-5-7-21(33)8-6-19)28(41)40-17-31(11-12-31)25-10-9-23(16-26(25)40)44-32(34,35)36/h5-10,13-16,27,38H,11-12,17H2,1-4H3,(H2,37,42)/b39-18+. The highest BCUT2D eigenvalue weighted by atomic mass is 35.5. The topological polar surface area (TPSA) is 115 Å². The molecule has 2 aliphatic rings. The Balaban J connectivity index is 1.51. The van der Waals surface area contributed by atoms with E-state index in [9.17, 15) is 22.8 Å². The first kappa shape index (κ1) is 32.0. The van der Waals surface area contributed by atoms with E-state index in [-0.39, 0.29) is 11.3 Å². The van der Waals surface area contributed by atoms with Crippen molar-refractivity contribution in [1.29, 1.82) is 0 Å². The molecule has 1 atom stereocenters. The Morgan fingerprint density at radius 3 is 2.33 bits per heavy atom. The summed E-state index contributed by atoms with van der Waals surface area (Å²) in [6, 6.07) is 15.0. The smallest absolute Gasteiger partial charge is 0.497 e. The van der Waals surface area contributed by atoms with Gasteiger partial charge in [0, 0.05) is 40.4 Å². The van der Waals surface area contributed by atoms with Gasteiger partial charge in [-0.2, -0.15) is 0 Å². The van der Waals surface area contributed by atoms with Crippen molar-refractivity contribution in [2.24, 2.45) is 10.9 Å². The lowest BCUT2D eigenvalue weighted by molar-refractivity contribution is -0.274. The van der Waals surface area contributed by atoms with Crippen LogP contribution in [0.4, 0.5) is 24.5 Å². The number of nitrogens with one attached hydrogen (secondary N) is 1. The number of rotatable bonds is 10. The molecule has 1 saturated carbocycles. The predicted molar refractivity (Wildman–Crippen MR) is 164 cm³/mol. The van der Waals surface area contributed by atoms with Crippen LogP contribution in [0, 0.1) is 0 Å². The van der Waals surface area contributed by atoms with E-state index in [4.69, 9.17) is 26.9 Å². The Morgan fingerprint density at radius 1 is 1.04 bits per heavy atom. The van der Waals surface area contributed by atoms with Crippen LogP contribution >= 0.6 is 11.6 Å². The lowest BCUT2D eigenvalue weighted by Gasteiger charge is -2.27. The van der Waals surface area contributed by atoms with E-state index in [0.29, 0.717) is 45.5 Å². The van der Waals surface area contributed by atoms with Gasteiger partial charge in [0.25, 0.3) is 11.8 Å². The molecular weight excluding hydrogens is 613 g/mol. The lowest BCUT2D eigenvalue weighted by atomic mass is 9.99. The fraction of sp³-hybridized carbons (Fsp3) is 0.344. The highest BCUT2D eigenvalue weighted by molar-refractivity contribution is 6.30. The maximum Gasteiger partial charge on any atom is 0.573 e. The number of fused-ring (bicyclic) bond motifs is 2. The molecule has 1 aliphatic carbocycles. The van der Waals surface area contributed by atoms with Crippen LogP contribution in [-0.4, -0.2) is 43.1 Å². The van der Waals surface area contributed by atoms with Gasteiger partial charge in [0.05, 0.1) is 18.5 Å². The molecule has 1 fully saturated rings. The number of benzene rings is 3. The Hall–Kier alpha value is -4.45. The second-order valence-corrected chi connectivity index (χ2v) is 12.1. The zero-order chi connectivity index (χ0) is 32.7. The van der Waals surface area contributed by atoms with Crippen molar-refractivity contribution >= 4 is 40.5 Å². The van der Waals surface area contributed by atoms with E-state index in [0.717, 1.165) is 18.4 Å². The zero-order valence-electron chi connectivity index (χ0n) is 25.0. The molecule has 9 nitrogen and oxygen atoms in total. The second-order valence-electron chi connectivity index (χ2n) is 11.7. The van der Waals surface area contributed by atoms with Crippen molar-refractivity contribution < 1.29 is 37.1 Å². The Labute approximate surface area is 263 Å². The normalized spacial score (nSPS) is 16.2. The van der Waals surface area contributed by atoms with Gasteiger partial charge in [-0.15, -0.1) is 13.2 Å². The van der Waals surface area contributed by atoms with Crippen molar-refractivity contribution in [2.75, 3.05) is 23.9 Å². The zero-order valence-corrected chi connectivity index (χ0v) is 25.8. The molecule has 1 heterocycles. The van der Waals surface area contributed by atoms with Gasteiger partial charge in [-0.25, -0.2) is 0 Å². The van der Waals surface area contributed by atoms with Crippen molar-refractivity contribution in [3.8, 4) is 11.5 Å². The van der Waals surface area contributed by atoms with E-state index in [1.54, 1.807) is 55.5 Å². The number of hydrogen-bond donors (Lipinski definition) is 2. The minimum atomic E-state index is -4.88. The minimum absolute atomic E-state index is 0.304. The van der Waals surface area contributed by atoms with Crippen LogP contribution < -0.4 is 25.4 Å². The molecule has 5 rings (SSSR count). The van der Waals surface area contributed by atoms with E-state index in [2.05, 4.69) is 15.2 Å². The molecule has 45 heavy (non-hydrogen) atoms. The molecule has 238 valence electrons. The maximum absolute atomic E-state index is 14.4. The summed E-state index contributed by atoms with van der Waals surface area (Å²) in [5.74, 6) is -1.03. The van der Waals surface area contributed by atoms with Crippen molar-refractivity contribution in [1.82, 2.24) is 0 Å². The maximum atomic E-state index is 14.4. The molecule has 13 heteroatoms. The minimum Gasteiger partial charge on any atom is -0.497 e. The monoisotopic (exact) mass is 644 g/mol. The number of primary amides is 1. The number of nitrogens with zero attached hydrogens (tertiary/aromatic N) is 2. The first-order valence-electron chi connectivity index (χ1n) is 14.1. The molecule has 0 aromatic heterocycles. The first-order chi connectivity index (χ1) is 21.1. The van der Waals surface area contributed by atoms with Crippen LogP contribution in [0.3, 0.4) is 0 Å². The summed E-state index contributed by atoms with van der Waals surface area (Å²) in [7, 11) is 1.49. The third-order valence-corrected chi connectivity index (χ3v) is 8.22. The number of ether oxygens (including phenoxy) is 2. The summed E-state index contributed by atoms with van der Waals surface area (Å²) in [5.41, 5.74) is 6.96. The fourth-order valence-electron chi connectivity index (χ4n) is 5.18. The largest absolute Gasteiger partial charge is 0.573 e. The Bertz CT molecular complexity index is 1660. The number of methoxy groups -OCH3 is 1. The second kappa shape index (κ2) is 11.8. The summed E-state index contributed by atoms with van der Waals surface area (Å²) < 4.78 is 48.9. The summed E-state index contributed by atoms with van der Waals surface area (Å²) in [6.07, 6.45) is -3.25. The van der Waals surface area contributed by atoms with Gasteiger partial charge < -0.3 is 30.3 Å². The van der Waals surface area contributed by atoms with E-state index in [1.807, 2.05) is 0 Å². The number of oxime groups is 1. The van der Waals surface area contributed by atoms with Crippen LogP contribution in [0.1, 0.15) is 56.3 Å². The van der Waals surface area contributed by atoms with Gasteiger partial charge in [0.2, 0.25) is 5.60 Å². The molecule has 0 saturated heterocycles. The number of carbonyl (C=O) groups excluding carboxylic acids is 2. The lowest BCUT2D eigenvalue weighted by Crippen LogP contribution is -2.39. The number of hydrogen-bond acceptors (Lipinski definition) is 7. The number of halogens is 4. The third-order valence-electron chi connectivity index (χ3n) is 7.97. The van der Waals surface area contributed by atoms with Gasteiger partial charge in [-0.3, -0.25) is 9.59 Å². The van der Waals surface area contributed by atoms with Crippen LogP contribution in [0.2, 0.25) is 5.02 Å². The Kier molecular flexibility index (Phi) is 8.39. The highest BCUT2D eigenvalue weighted by Gasteiger charge is 2.54. The summed E-state index contributed by atoms with van der Waals surface area (Å²) in [6.45, 7) is 4.99. The van der Waals surface area contributed by atoms with Crippen LogP contribution in [0.5, 0.6) is 11.5 Å². The molecule has 1 spiro atoms. The summed E-state index contributed by atoms with van der Waals surface area (Å²) >= 11 is 6.15. The molecule has 3 aromatic rings. The molecule has 0 radical (unpaired) electrons. The number of carbonyl (C=O) groups is 2. The molecule has 3 N–H and O–H groups in total. The van der Waals surface area contributed by atoms with Gasteiger partial charge in [0.1, 0.15) is 17.5 Å². The molecule has 1 unspecified atom stereocenters. The third kappa shape index (κ3) is 6.95. The van der Waals surface area contributed by atoms with Gasteiger partial charge in [-0.1, -0.05) is 35.0 Å². The van der Waals surface area contributed by atoms with Crippen LogP contribution in [-0.2, 0) is 19.8 Å². The van der Waals surface area contributed by atoms with Crippen molar-refractivity contribution in [3.05, 3.63) is 82.4 Å². The fourth-order valence-corrected chi connectivity index (χ4v) is 5.31. The SMILES string of the molecule is COc1cc(NC(C(=O)N2CC3(CC3)c3ccc(OC(F)(F)F)cc32)c2ccc(Cl)cc2)cc(/C(C)=N/OC(C)(C)C(N)=O)c1. The molecular formula is C32H32ClF3N4O5. The highest BCUT2D eigenvalue weighted by Crippen LogP contribution is 2.57. The molecule has 0 bridgehead atoms. The van der Waals surface area contributed by atoms with Gasteiger partial charge in [-0.05, 0) is 75.1 Å². The van der Waals surface area contributed by atoms with Crippen molar-refractivity contribution in [3.63, 3.8) is 0 Å². The molecule has 2 amide bonds. The average molecular weight is 645 g/mol. The average Bonchev–Trinajstić information content (AvgIpc) is 3.69. The molecule has 1 aliphatic heterocycles. The van der Waals surface area contributed by atoms with E-state index < -0.39 is 29.7 Å². The molecule has 3 aromatic carbocycles. The number of amides is 2. The van der Waals surface area contributed by atoms with Crippen LogP contribution in [0.15, 0.2) is 65.8 Å². The number of alkyl halides is 3. The summed E-state index contributed by atoms with van der Waals surface area (Å²) in [4.78, 5) is 33.0. The Morgan fingerprint density at radius 2 is 1.73 bits per heavy atom. The number of anilines is 2. The quantitative estimate of drug-likeness (QED) is 0.193. The predicted octanol–water partition coefficient (Wildman–Crippen LogP) is 6.48. The van der Waals surface area contributed by atoms with Gasteiger partial charge in [0.15, 0.2) is 0 Å². The van der Waals surface area contributed by atoms with Crippen molar-refractivity contribution in [2.45, 2.75) is 57.0 Å². The number of nitrogens with two attached hydrogens (primary N) is 1. The van der Waals surface area contributed by atoms with E-state index in [1.165, 1.54) is 38.0 Å². The summed E-state index contributed by atoms with van der Waals surface area (Å²) in [5, 5.41) is 7.84.